The molecule has 0 bridgehead atoms. The van der Waals surface area contributed by atoms with Crippen molar-refractivity contribution in [1.82, 2.24) is 9.88 Å². The molecule has 1 saturated heterocycles. The molecule has 1 aliphatic carbocycles. The van der Waals surface area contributed by atoms with Crippen LogP contribution in [0.3, 0.4) is 0 Å². The molecule has 11 heteroatoms. The minimum atomic E-state index is -2.11. The summed E-state index contributed by atoms with van der Waals surface area (Å²) in [5.41, 5.74) is -5.22. The van der Waals surface area contributed by atoms with Gasteiger partial charge >= 0.3 is 0 Å². The van der Waals surface area contributed by atoms with Gasteiger partial charge in [0.1, 0.15) is 28.9 Å². The number of hydrogen-bond acceptors (Lipinski definition) is 7. The van der Waals surface area contributed by atoms with Crippen LogP contribution in [0.15, 0.2) is 54.7 Å². The normalized spacial score (nSPS) is 23.9. The fourth-order valence-electron chi connectivity index (χ4n) is 6.89. The fraction of sp³-hybridized carbons (Fsp3) is 0.412. The molecule has 1 aromatic heterocycles. The Morgan fingerprint density at radius 1 is 1.20 bits per heavy atom. The van der Waals surface area contributed by atoms with Crippen LogP contribution in [0, 0.1) is 17.1 Å². The van der Waals surface area contributed by atoms with Gasteiger partial charge in [0.15, 0.2) is 0 Å². The third kappa shape index (κ3) is 5.22. The Kier molecular flexibility index (Phi) is 8.25. The molecule has 45 heavy (non-hydrogen) atoms. The maximum Gasteiger partial charge on any atom is 0.257 e. The lowest BCUT2D eigenvalue weighted by atomic mass is 9.72. The number of amides is 1. The molecule has 2 aromatic carbocycles. The zero-order chi connectivity index (χ0) is 32.0. The molecule has 3 aromatic rings. The highest BCUT2D eigenvalue weighted by molar-refractivity contribution is 6.30. The highest BCUT2D eigenvalue weighted by Crippen LogP contribution is 2.52. The van der Waals surface area contributed by atoms with Gasteiger partial charge in [-0.25, -0.2) is 8.78 Å². The van der Waals surface area contributed by atoms with Crippen molar-refractivity contribution < 1.29 is 33.0 Å². The van der Waals surface area contributed by atoms with Crippen LogP contribution in [-0.4, -0.2) is 51.7 Å². The smallest absolute Gasteiger partial charge is 0.257 e. The van der Waals surface area contributed by atoms with E-state index in [1.807, 2.05) is 6.07 Å². The van der Waals surface area contributed by atoms with Crippen LogP contribution in [0.5, 0.6) is 0 Å². The molecule has 0 spiro atoms. The Morgan fingerprint density at radius 3 is 2.53 bits per heavy atom. The third-order valence-corrected chi connectivity index (χ3v) is 9.60. The topological polar surface area (TPSA) is 113 Å². The van der Waals surface area contributed by atoms with Crippen molar-refractivity contribution >= 4 is 23.3 Å². The average Bonchev–Trinajstić information content (AvgIpc) is 3.56. The van der Waals surface area contributed by atoms with Crippen LogP contribution < -0.4 is 0 Å². The molecule has 3 aliphatic rings. The monoisotopic (exact) mass is 635 g/mol. The predicted molar refractivity (Wildman–Crippen MR) is 159 cm³/mol. The second kappa shape index (κ2) is 11.9. The molecule has 2 aliphatic heterocycles. The number of halogens is 3. The highest BCUT2D eigenvalue weighted by Gasteiger charge is 2.58. The maximum absolute atomic E-state index is 16.8. The van der Waals surface area contributed by atoms with Crippen molar-refractivity contribution in [2.45, 2.75) is 75.1 Å². The number of pyridine rings is 1. The van der Waals surface area contributed by atoms with E-state index in [9.17, 15) is 20.0 Å². The number of Topliss-reactive ketones (excluding diaryl/α,β-unsaturated/α-hetero) is 1. The Balaban J connectivity index is 1.57. The molecule has 1 N–H and O–H groups in total. The van der Waals surface area contributed by atoms with Crippen molar-refractivity contribution in [3.05, 3.63) is 99.1 Å². The number of ketones is 1. The number of ether oxygens (including phenoxy) is 2. The van der Waals surface area contributed by atoms with Crippen molar-refractivity contribution in [3.63, 3.8) is 0 Å². The number of aliphatic hydroxyl groups is 1. The van der Waals surface area contributed by atoms with E-state index in [0.29, 0.717) is 28.3 Å². The molecule has 0 unspecified atom stereocenters. The molecule has 3 atom stereocenters. The van der Waals surface area contributed by atoms with Crippen molar-refractivity contribution in [2.24, 2.45) is 0 Å². The molecule has 1 saturated carbocycles. The molecule has 234 valence electrons. The zero-order valence-electron chi connectivity index (χ0n) is 24.7. The number of carbonyl (C=O) groups excluding carboxylic acids is 2. The van der Waals surface area contributed by atoms with Crippen LogP contribution in [0.25, 0.3) is 0 Å². The van der Waals surface area contributed by atoms with Gasteiger partial charge in [-0.3, -0.25) is 19.5 Å². The molecule has 0 radical (unpaired) electrons. The predicted octanol–water partition coefficient (Wildman–Crippen LogP) is 5.86. The molecular formula is C34H32ClF2N3O5. The Morgan fingerprint density at radius 2 is 1.93 bits per heavy atom. The number of aromatic nitrogens is 1. The molecule has 2 fully saturated rings. The first kappa shape index (κ1) is 31.2. The standard InChI is InChI=1S/C34H32ClF2N3O5/c1-2-33(43,32(37)11-13-44-14-12-32)23-15-28-30(29(36)16-23)34(22-4-6-24(35)7-5-22,45-27-10-9-26(41)17-27)40(31(28)42)20-25-8-3-21(18-38)19-39-25/h3-8,15-16,19,27,43H,2,9-14,17,20H2,1H3/t27-,33-,34+/m0/s1. The van der Waals surface area contributed by atoms with Gasteiger partial charge in [0.25, 0.3) is 5.91 Å². The summed E-state index contributed by atoms with van der Waals surface area (Å²) in [7, 11) is 0. The molecule has 3 heterocycles. The first-order chi connectivity index (χ1) is 21.5. The van der Waals surface area contributed by atoms with Crippen LogP contribution in [-0.2, 0) is 32.1 Å². The van der Waals surface area contributed by atoms with Gasteiger partial charge in [0.2, 0.25) is 5.72 Å². The van der Waals surface area contributed by atoms with E-state index in [1.165, 1.54) is 17.2 Å². The van der Waals surface area contributed by atoms with E-state index < -0.39 is 34.8 Å². The summed E-state index contributed by atoms with van der Waals surface area (Å²) in [6.07, 6.45) is 1.24. The summed E-state index contributed by atoms with van der Waals surface area (Å²) in [5.74, 6) is -1.51. The second-order valence-electron chi connectivity index (χ2n) is 11.9. The van der Waals surface area contributed by atoms with Gasteiger partial charge in [-0.1, -0.05) is 30.7 Å². The number of alkyl halides is 1. The van der Waals surface area contributed by atoms with Crippen LogP contribution >= 0.6 is 11.6 Å². The zero-order valence-corrected chi connectivity index (χ0v) is 25.4. The number of nitrogens with zero attached hydrogens (tertiary/aromatic N) is 3. The highest BCUT2D eigenvalue weighted by atomic mass is 35.5. The quantitative estimate of drug-likeness (QED) is 0.330. The summed E-state index contributed by atoms with van der Waals surface area (Å²) in [6, 6.07) is 14.1. The lowest BCUT2D eigenvalue weighted by Crippen LogP contribution is -2.51. The summed E-state index contributed by atoms with van der Waals surface area (Å²) >= 11 is 6.23. The van der Waals surface area contributed by atoms with Crippen molar-refractivity contribution in [1.29, 1.82) is 5.26 Å². The van der Waals surface area contributed by atoms with E-state index in [4.69, 9.17) is 21.1 Å². The van der Waals surface area contributed by atoms with E-state index >= 15 is 8.78 Å². The fourth-order valence-corrected chi connectivity index (χ4v) is 7.01. The Hall–Kier alpha value is -3.75. The van der Waals surface area contributed by atoms with Crippen LogP contribution in [0.1, 0.15) is 83.8 Å². The Bertz CT molecular complexity index is 1670. The SMILES string of the molecule is CC[C@](O)(c1cc(F)c2c(c1)C(=O)N(Cc1ccc(C#N)cn1)[C@@]2(O[C@H]1CCC(=O)C1)c1ccc(Cl)cc1)C1(F)CCOCC1. The van der Waals surface area contributed by atoms with Crippen molar-refractivity contribution in [3.8, 4) is 6.07 Å². The number of nitriles is 1. The molecule has 1 amide bonds. The lowest BCUT2D eigenvalue weighted by Gasteiger charge is -2.44. The summed E-state index contributed by atoms with van der Waals surface area (Å²) in [6.45, 7) is 1.67. The molecule has 8 nitrogen and oxygen atoms in total. The van der Waals surface area contributed by atoms with E-state index in [-0.39, 0.29) is 74.3 Å². The number of fused-ring (bicyclic) bond motifs is 1. The van der Waals surface area contributed by atoms with Gasteiger partial charge in [-0.05, 0) is 54.8 Å². The van der Waals surface area contributed by atoms with E-state index in [0.717, 1.165) is 6.07 Å². The number of hydrogen-bond donors (Lipinski definition) is 1. The van der Waals surface area contributed by atoms with Gasteiger partial charge in [0, 0.05) is 55.7 Å². The van der Waals surface area contributed by atoms with Gasteiger partial charge in [-0.2, -0.15) is 5.26 Å². The number of benzene rings is 2. The van der Waals surface area contributed by atoms with Crippen LogP contribution in [0.2, 0.25) is 5.02 Å². The summed E-state index contributed by atoms with van der Waals surface area (Å²) < 4.78 is 45.3. The third-order valence-electron chi connectivity index (χ3n) is 9.35. The first-order valence-corrected chi connectivity index (χ1v) is 15.4. The van der Waals surface area contributed by atoms with Gasteiger partial charge in [0.05, 0.1) is 35.0 Å². The largest absolute Gasteiger partial charge is 0.382 e. The van der Waals surface area contributed by atoms with Crippen LogP contribution in [0.4, 0.5) is 8.78 Å². The van der Waals surface area contributed by atoms with E-state index in [1.54, 1.807) is 43.3 Å². The van der Waals surface area contributed by atoms with E-state index in [2.05, 4.69) is 4.98 Å². The van der Waals surface area contributed by atoms with Crippen molar-refractivity contribution in [2.75, 3.05) is 13.2 Å². The minimum absolute atomic E-state index is 0.00959. The molecule has 6 rings (SSSR count). The number of rotatable bonds is 8. The summed E-state index contributed by atoms with van der Waals surface area (Å²) in [4.78, 5) is 32.5. The minimum Gasteiger partial charge on any atom is -0.382 e. The second-order valence-corrected chi connectivity index (χ2v) is 12.3. The average molecular weight is 636 g/mol. The molecular weight excluding hydrogens is 604 g/mol. The summed E-state index contributed by atoms with van der Waals surface area (Å²) in [5, 5.41) is 21.5. The lowest BCUT2D eigenvalue weighted by molar-refractivity contribution is -0.155. The number of carbonyl (C=O) groups is 2. The first-order valence-electron chi connectivity index (χ1n) is 15.0. The van der Waals surface area contributed by atoms with Gasteiger partial charge in [-0.15, -0.1) is 0 Å². The Labute approximate surface area is 264 Å². The van der Waals surface area contributed by atoms with Gasteiger partial charge < -0.3 is 14.6 Å². The maximum atomic E-state index is 16.8.